The van der Waals surface area contributed by atoms with Gasteiger partial charge in [-0.3, -0.25) is 0 Å². The minimum atomic E-state index is -0.471. The third-order valence-electron chi connectivity index (χ3n) is 6.03. The average molecular weight is 402 g/mol. The summed E-state index contributed by atoms with van der Waals surface area (Å²) in [6.07, 6.45) is -0.236. The maximum Gasteiger partial charge on any atom is 0.494 e. The first-order valence-corrected chi connectivity index (χ1v) is 10.5. The minimum absolute atomic E-state index is 0.207. The zero-order chi connectivity index (χ0) is 21.6. The first kappa shape index (κ1) is 22.0. The Bertz CT molecular complexity index is 726. The van der Waals surface area contributed by atoms with E-state index >= 15 is 0 Å². The van der Waals surface area contributed by atoms with Crippen molar-refractivity contribution in [2.75, 3.05) is 24.5 Å². The van der Waals surface area contributed by atoms with Crippen molar-refractivity contribution >= 4 is 24.4 Å². The first-order chi connectivity index (χ1) is 13.3. The molecule has 0 radical (unpaired) electrons. The molecule has 2 fully saturated rings. The molecule has 0 N–H and O–H groups in total. The largest absolute Gasteiger partial charge is 0.494 e. The molecule has 0 aliphatic carbocycles. The Balaban J connectivity index is 1.63. The van der Waals surface area contributed by atoms with E-state index in [0.717, 1.165) is 17.7 Å². The third kappa shape index (κ3) is 4.72. The fourth-order valence-electron chi connectivity index (χ4n) is 3.64. The van der Waals surface area contributed by atoms with Crippen LogP contribution in [0, 0.1) is 0 Å². The van der Waals surface area contributed by atoms with Crippen molar-refractivity contribution in [3.63, 3.8) is 0 Å². The molecule has 2 heterocycles. The van der Waals surface area contributed by atoms with Crippen LogP contribution >= 0.6 is 0 Å². The maximum absolute atomic E-state index is 12.4. The summed E-state index contributed by atoms with van der Waals surface area (Å²) >= 11 is 0. The Morgan fingerprint density at radius 2 is 1.62 bits per heavy atom. The minimum Gasteiger partial charge on any atom is -0.444 e. The van der Waals surface area contributed by atoms with Gasteiger partial charge in [-0.05, 0) is 73.0 Å². The zero-order valence-electron chi connectivity index (χ0n) is 19.1. The predicted molar refractivity (Wildman–Crippen MR) is 117 cm³/mol. The van der Waals surface area contributed by atoms with Crippen molar-refractivity contribution < 1.29 is 18.8 Å². The topological polar surface area (TPSA) is 51.2 Å². The van der Waals surface area contributed by atoms with Gasteiger partial charge < -0.3 is 23.8 Å². The SMILES string of the molecule is C[C@H]1CN(C(=O)OC(C)(C)C)CCN1c1ccc(B2OC(C)(C)C(C)(C)O2)cc1. The molecule has 1 aromatic rings. The van der Waals surface area contributed by atoms with E-state index in [-0.39, 0.29) is 30.5 Å². The van der Waals surface area contributed by atoms with Gasteiger partial charge in [0, 0.05) is 31.4 Å². The van der Waals surface area contributed by atoms with Crippen molar-refractivity contribution in [3.05, 3.63) is 24.3 Å². The number of anilines is 1. The number of hydrogen-bond acceptors (Lipinski definition) is 5. The number of piperazine rings is 1. The van der Waals surface area contributed by atoms with Crippen LogP contribution in [0.5, 0.6) is 0 Å². The summed E-state index contributed by atoms with van der Waals surface area (Å²) in [7, 11) is -0.351. The Hall–Kier alpha value is -1.73. The fourth-order valence-corrected chi connectivity index (χ4v) is 3.64. The van der Waals surface area contributed by atoms with Crippen LogP contribution in [-0.2, 0) is 14.0 Å². The fraction of sp³-hybridized carbons (Fsp3) is 0.682. The average Bonchev–Trinajstić information content (AvgIpc) is 2.81. The van der Waals surface area contributed by atoms with Crippen molar-refractivity contribution in [2.24, 2.45) is 0 Å². The van der Waals surface area contributed by atoms with E-state index in [1.165, 1.54) is 0 Å². The molecule has 1 atom stereocenters. The van der Waals surface area contributed by atoms with Gasteiger partial charge in [0.1, 0.15) is 5.60 Å². The zero-order valence-corrected chi connectivity index (χ0v) is 19.1. The quantitative estimate of drug-likeness (QED) is 0.710. The van der Waals surface area contributed by atoms with E-state index in [9.17, 15) is 4.79 Å². The Kier molecular flexibility index (Phi) is 5.69. The van der Waals surface area contributed by atoms with E-state index in [4.69, 9.17) is 14.0 Å². The Morgan fingerprint density at radius 3 is 2.10 bits per heavy atom. The van der Waals surface area contributed by atoms with Gasteiger partial charge in [0.25, 0.3) is 0 Å². The van der Waals surface area contributed by atoms with Crippen LogP contribution in [0.15, 0.2) is 24.3 Å². The maximum atomic E-state index is 12.4. The number of benzene rings is 1. The summed E-state index contributed by atoms with van der Waals surface area (Å²) in [4.78, 5) is 16.5. The molecular weight excluding hydrogens is 367 g/mol. The molecule has 3 rings (SSSR count). The number of ether oxygens (including phenoxy) is 1. The molecule has 1 aromatic carbocycles. The van der Waals surface area contributed by atoms with Crippen LogP contribution in [0.2, 0.25) is 0 Å². The van der Waals surface area contributed by atoms with E-state index in [0.29, 0.717) is 13.1 Å². The van der Waals surface area contributed by atoms with Crippen molar-refractivity contribution in [1.29, 1.82) is 0 Å². The van der Waals surface area contributed by atoms with Gasteiger partial charge in [-0.2, -0.15) is 0 Å². The Morgan fingerprint density at radius 1 is 1.07 bits per heavy atom. The number of hydrogen-bond donors (Lipinski definition) is 0. The highest BCUT2D eigenvalue weighted by Gasteiger charge is 2.51. The van der Waals surface area contributed by atoms with E-state index < -0.39 is 5.60 Å². The van der Waals surface area contributed by atoms with Crippen LogP contribution in [0.3, 0.4) is 0 Å². The van der Waals surface area contributed by atoms with Crippen LogP contribution < -0.4 is 10.4 Å². The molecular formula is C22H35BN2O4. The second-order valence-corrected chi connectivity index (χ2v) is 10.1. The molecule has 1 amide bonds. The van der Waals surface area contributed by atoms with Crippen LogP contribution in [0.4, 0.5) is 10.5 Å². The van der Waals surface area contributed by atoms with Crippen molar-refractivity contribution in [1.82, 2.24) is 4.90 Å². The molecule has 0 spiro atoms. The van der Waals surface area contributed by atoms with Gasteiger partial charge in [0.05, 0.1) is 11.2 Å². The predicted octanol–water partition coefficient (Wildman–Crippen LogP) is 3.43. The monoisotopic (exact) mass is 402 g/mol. The van der Waals surface area contributed by atoms with Crippen LogP contribution in [-0.4, -0.2) is 60.6 Å². The number of carbonyl (C=O) groups is 1. The van der Waals surface area contributed by atoms with E-state index in [1.54, 1.807) is 4.90 Å². The molecule has 0 saturated carbocycles. The summed E-state index contributed by atoms with van der Waals surface area (Å²) in [5.41, 5.74) is 1.00. The summed E-state index contributed by atoms with van der Waals surface area (Å²) in [6.45, 7) is 18.1. The molecule has 7 heteroatoms. The normalized spacial score (nSPS) is 24.0. The lowest BCUT2D eigenvalue weighted by Crippen LogP contribution is -2.54. The molecule has 2 aliphatic rings. The second kappa shape index (κ2) is 7.51. The summed E-state index contributed by atoms with van der Waals surface area (Å²) in [5, 5.41) is 0. The lowest BCUT2D eigenvalue weighted by Gasteiger charge is -2.41. The number of rotatable bonds is 2. The number of carbonyl (C=O) groups excluding carboxylic acids is 1. The highest BCUT2D eigenvalue weighted by molar-refractivity contribution is 6.62. The van der Waals surface area contributed by atoms with E-state index in [2.05, 4.69) is 63.8 Å². The first-order valence-electron chi connectivity index (χ1n) is 10.5. The standard InChI is InChI=1S/C22H35BN2O4/c1-16-15-24(19(26)27-20(2,3)4)13-14-25(16)18-11-9-17(10-12-18)23-28-21(5,6)22(7,8)29-23/h9-12,16H,13-15H2,1-8H3/t16-/m0/s1. The summed E-state index contributed by atoms with van der Waals surface area (Å²) in [5.74, 6) is 0. The molecule has 6 nitrogen and oxygen atoms in total. The Labute approximate surface area is 175 Å². The van der Waals surface area contributed by atoms with Gasteiger partial charge in [-0.15, -0.1) is 0 Å². The lowest BCUT2D eigenvalue weighted by molar-refractivity contribution is 0.00578. The van der Waals surface area contributed by atoms with Crippen LogP contribution in [0.25, 0.3) is 0 Å². The highest BCUT2D eigenvalue weighted by Crippen LogP contribution is 2.36. The molecule has 2 aliphatic heterocycles. The van der Waals surface area contributed by atoms with E-state index in [1.807, 2.05) is 20.8 Å². The summed E-state index contributed by atoms with van der Waals surface area (Å²) < 4.78 is 17.8. The van der Waals surface area contributed by atoms with Crippen LogP contribution in [0.1, 0.15) is 55.4 Å². The molecule has 29 heavy (non-hydrogen) atoms. The van der Waals surface area contributed by atoms with Gasteiger partial charge in [0.15, 0.2) is 0 Å². The van der Waals surface area contributed by atoms with Gasteiger partial charge in [-0.1, -0.05) is 12.1 Å². The van der Waals surface area contributed by atoms with Gasteiger partial charge in [-0.25, -0.2) is 4.79 Å². The lowest BCUT2D eigenvalue weighted by atomic mass is 9.79. The molecule has 0 bridgehead atoms. The molecule has 2 saturated heterocycles. The number of nitrogens with zero attached hydrogens (tertiary/aromatic N) is 2. The summed E-state index contributed by atoms with van der Waals surface area (Å²) in [6, 6.07) is 8.58. The van der Waals surface area contributed by atoms with Crippen molar-refractivity contribution in [3.8, 4) is 0 Å². The molecule has 0 aromatic heterocycles. The second-order valence-electron chi connectivity index (χ2n) is 10.1. The van der Waals surface area contributed by atoms with Crippen molar-refractivity contribution in [2.45, 2.75) is 78.2 Å². The molecule has 160 valence electrons. The highest BCUT2D eigenvalue weighted by atomic mass is 16.7. The smallest absolute Gasteiger partial charge is 0.444 e. The van der Waals surface area contributed by atoms with Gasteiger partial charge in [0.2, 0.25) is 0 Å². The van der Waals surface area contributed by atoms with Gasteiger partial charge >= 0.3 is 13.2 Å². The number of amides is 1. The molecule has 0 unspecified atom stereocenters. The third-order valence-corrected chi connectivity index (χ3v) is 6.03.